The predicted molar refractivity (Wildman–Crippen MR) is 115 cm³/mol. The molecule has 1 atom stereocenters. The molecule has 9 heteroatoms. The quantitative estimate of drug-likeness (QED) is 0.698. The molecule has 6 nitrogen and oxygen atoms in total. The average molecular weight is 453 g/mol. The van der Waals surface area contributed by atoms with E-state index in [1.807, 2.05) is 13.0 Å². The fraction of sp³-hybridized carbons (Fsp3) is 0.300. The minimum atomic E-state index is -3.67. The van der Waals surface area contributed by atoms with Gasteiger partial charge in [-0.15, -0.1) is 11.8 Å². The Morgan fingerprint density at radius 2 is 2.03 bits per heavy atom. The number of halogens is 1. The van der Waals surface area contributed by atoms with Crippen LogP contribution in [0.25, 0.3) is 0 Å². The van der Waals surface area contributed by atoms with Crippen LogP contribution < -0.4 is 10.6 Å². The third kappa shape index (κ3) is 5.74. The molecule has 0 radical (unpaired) electrons. The van der Waals surface area contributed by atoms with E-state index in [4.69, 9.17) is 11.6 Å². The summed E-state index contributed by atoms with van der Waals surface area (Å²) in [5.74, 6) is -0.837. The summed E-state index contributed by atoms with van der Waals surface area (Å²) in [4.78, 5) is 24.9. The number of anilines is 1. The molecule has 0 unspecified atom stereocenters. The molecule has 154 valence electrons. The van der Waals surface area contributed by atoms with Gasteiger partial charge >= 0.3 is 0 Å². The molecule has 0 saturated carbocycles. The summed E-state index contributed by atoms with van der Waals surface area (Å²) in [6.07, 6.45) is 0.203. The molecule has 0 fully saturated rings. The number of carbonyl (C=O) groups is 2. The van der Waals surface area contributed by atoms with Gasteiger partial charge < -0.3 is 10.6 Å². The van der Waals surface area contributed by atoms with Crippen LogP contribution >= 0.6 is 23.4 Å². The van der Waals surface area contributed by atoms with Crippen molar-refractivity contribution < 1.29 is 18.0 Å². The molecule has 2 amide bonds. The summed E-state index contributed by atoms with van der Waals surface area (Å²) in [7, 11) is -3.67. The Labute approximate surface area is 179 Å². The monoisotopic (exact) mass is 452 g/mol. The van der Waals surface area contributed by atoms with Crippen LogP contribution in [0.1, 0.15) is 25.3 Å². The second kappa shape index (κ2) is 9.19. The van der Waals surface area contributed by atoms with Crippen molar-refractivity contribution in [1.82, 2.24) is 5.32 Å². The highest BCUT2D eigenvalue weighted by molar-refractivity contribution is 8.00. The molecule has 3 rings (SSSR count). The van der Waals surface area contributed by atoms with Crippen LogP contribution in [0.3, 0.4) is 0 Å². The fourth-order valence-corrected chi connectivity index (χ4v) is 5.41. The molecule has 2 aromatic carbocycles. The summed E-state index contributed by atoms with van der Waals surface area (Å²) in [5, 5.41) is 6.10. The molecule has 29 heavy (non-hydrogen) atoms. The molecule has 0 saturated heterocycles. The topological polar surface area (TPSA) is 92.3 Å². The van der Waals surface area contributed by atoms with Gasteiger partial charge in [0.05, 0.1) is 16.3 Å². The van der Waals surface area contributed by atoms with Gasteiger partial charge in [-0.3, -0.25) is 9.59 Å². The number of sulfone groups is 1. The van der Waals surface area contributed by atoms with Gasteiger partial charge in [0.2, 0.25) is 11.8 Å². The number of thioether (sulfide) groups is 1. The van der Waals surface area contributed by atoms with Crippen molar-refractivity contribution in [3.8, 4) is 0 Å². The summed E-state index contributed by atoms with van der Waals surface area (Å²) >= 11 is 7.57. The Bertz CT molecular complexity index is 1040. The molecule has 1 heterocycles. The molecule has 1 aliphatic rings. The molecule has 0 spiro atoms. The number of benzene rings is 2. The van der Waals surface area contributed by atoms with Crippen molar-refractivity contribution in [2.24, 2.45) is 0 Å². The smallest absolute Gasteiger partial charge is 0.225 e. The third-order valence-corrected chi connectivity index (χ3v) is 7.68. The number of amides is 2. The Kier molecular flexibility index (Phi) is 6.87. The SMILES string of the molecule is C[C@H]1CC(=O)Nc2cc(S(=O)(=O)CCC(=O)NCc3ccccc3Cl)ccc2S1. The van der Waals surface area contributed by atoms with Crippen molar-refractivity contribution >= 4 is 50.7 Å². The molecule has 2 N–H and O–H groups in total. The van der Waals surface area contributed by atoms with Gasteiger partial charge in [0.15, 0.2) is 9.84 Å². The fourth-order valence-electron chi connectivity index (χ4n) is 2.89. The standard InChI is InChI=1S/C20H21ClN2O4S2/c1-13-10-20(25)23-17-11-15(6-7-18(17)28-13)29(26,27)9-8-19(24)22-12-14-4-2-3-5-16(14)21/h2-7,11,13H,8-10,12H2,1H3,(H,22,24)(H,23,25)/t13-/m0/s1. The normalized spacial score (nSPS) is 16.5. The lowest BCUT2D eigenvalue weighted by Crippen LogP contribution is -2.25. The van der Waals surface area contributed by atoms with Gasteiger partial charge in [-0.2, -0.15) is 0 Å². The van der Waals surface area contributed by atoms with Crippen LogP contribution in [0.5, 0.6) is 0 Å². The van der Waals surface area contributed by atoms with Crippen molar-refractivity contribution in [2.75, 3.05) is 11.1 Å². The molecule has 1 aliphatic heterocycles. The van der Waals surface area contributed by atoms with E-state index >= 15 is 0 Å². The Hall–Kier alpha value is -2.03. The third-order valence-electron chi connectivity index (χ3n) is 4.42. The first-order chi connectivity index (χ1) is 13.7. The van der Waals surface area contributed by atoms with Gasteiger partial charge in [0, 0.05) is 34.6 Å². The number of hydrogen-bond acceptors (Lipinski definition) is 5. The molecule has 2 aromatic rings. The molecular formula is C20H21ClN2O4S2. The number of fused-ring (bicyclic) bond motifs is 1. The summed E-state index contributed by atoms with van der Waals surface area (Å²) in [5.41, 5.74) is 1.26. The van der Waals surface area contributed by atoms with E-state index in [2.05, 4.69) is 10.6 Å². The van der Waals surface area contributed by atoms with E-state index in [1.165, 1.54) is 23.9 Å². The van der Waals surface area contributed by atoms with Crippen LogP contribution in [0, 0.1) is 0 Å². The zero-order valence-corrected chi connectivity index (χ0v) is 18.2. The summed E-state index contributed by atoms with van der Waals surface area (Å²) in [6.45, 7) is 2.18. The van der Waals surface area contributed by atoms with E-state index in [9.17, 15) is 18.0 Å². The van der Waals surface area contributed by atoms with Crippen molar-refractivity contribution in [2.45, 2.75) is 41.4 Å². The lowest BCUT2D eigenvalue weighted by atomic mass is 10.2. The Balaban J connectivity index is 1.63. The predicted octanol–water partition coefficient (Wildman–Crippen LogP) is 3.64. The maximum absolute atomic E-state index is 12.7. The van der Waals surface area contributed by atoms with Crippen molar-refractivity contribution in [3.05, 3.63) is 53.1 Å². The van der Waals surface area contributed by atoms with Crippen LogP contribution in [0.2, 0.25) is 5.02 Å². The molecular weight excluding hydrogens is 432 g/mol. The van der Waals surface area contributed by atoms with E-state index in [1.54, 1.807) is 24.3 Å². The largest absolute Gasteiger partial charge is 0.352 e. The van der Waals surface area contributed by atoms with E-state index in [0.29, 0.717) is 17.1 Å². The first-order valence-corrected chi connectivity index (χ1v) is 12.0. The van der Waals surface area contributed by atoms with Crippen molar-refractivity contribution in [1.29, 1.82) is 0 Å². The van der Waals surface area contributed by atoms with Crippen LogP contribution in [-0.4, -0.2) is 31.2 Å². The van der Waals surface area contributed by atoms with Crippen molar-refractivity contribution in [3.63, 3.8) is 0 Å². The van der Waals surface area contributed by atoms with E-state index in [-0.39, 0.29) is 40.7 Å². The number of carbonyl (C=O) groups excluding carboxylic acids is 2. The highest BCUT2D eigenvalue weighted by atomic mass is 35.5. The number of hydrogen-bond donors (Lipinski definition) is 2. The first kappa shape index (κ1) is 21.7. The zero-order chi connectivity index (χ0) is 21.0. The van der Waals surface area contributed by atoms with Gasteiger partial charge in [0.25, 0.3) is 0 Å². The van der Waals surface area contributed by atoms with E-state index < -0.39 is 9.84 Å². The Morgan fingerprint density at radius 3 is 2.79 bits per heavy atom. The highest BCUT2D eigenvalue weighted by Crippen LogP contribution is 2.36. The van der Waals surface area contributed by atoms with Crippen LogP contribution in [0.4, 0.5) is 5.69 Å². The highest BCUT2D eigenvalue weighted by Gasteiger charge is 2.22. The van der Waals surface area contributed by atoms with Gasteiger partial charge in [-0.1, -0.05) is 36.7 Å². The maximum Gasteiger partial charge on any atom is 0.225 e. The lowest BCUT2D eigenvalue weighted by Gasteiger charge is -2.11. The second-order valence-corrected chi connectivity index (χ2v) is 10.8. The summed E-state index contributed by atoms with van der Waals surface area (Å²) < 4.78 is 25.3. The molecule has 0 aliphatic carbocycles. The summed E-state index contributed by atoms with van der Waals surface area (Å²) in [6, 6.07) is 11.8. The maximum atomic E-state index is 12.7. The molecule has 0 aromatic heterocycles. The average Bonchev–Trinajstić information content (AvgIpc) is 2.81. The van der Waals surface area contributed by atoms with Gasteiger partial charge in [-0.25, -0.2) is 8.42 Å². The minimum absolute atomic E-state index is 0.0885. The Morgan fingerprint density at radius 1 is 1.28 bits per heavy atom. The zero-order valence-electron chi connectivity index (χ0n) is 15.8. The number of rotatable bonds is 6. The van der Waals surface area contributed by atoms with Gasteiger partial charge in [0.1, 0.15) is 0 Å². The second-order valence-electron chi connectivity index (χ2n) is 6.78. The first-order valence-electron chi connectivity index (χ1n) is 9.08. The van der Waals surface area contributed by atoms with Crippen LogP contribution in [0.15, 0.2) is 52.3 Å². The van der Waals surface area contributed by atoms with Gasteiger partial charge in [-0.05, 0) is 29.8 Å². The lowest BCUT2D eigenvalue weighted by molar-refractivity contribution is -0.121. The number of nitrogens with one attached hydrogen (secondary N) is 2. The van der Waals surface area contributed by atoms with Crippen LogP contribution in [-0.2, 0) is 26.0 Å². The minimum Gasteiger partial charge on any atom is -0.352 e. The van der Waals surface area contributed by atoms with E-state index in [0.717, 1.165) is 10.5 Å². The molecule has 0 bridgehead atoms.